The molecule has 1 heterocycles. The Bertz CT molecular complexity index is 2320. The molecule has 1 aliphatic heterocycles. The van der Waals surface area contributed by atoms with Crippen molar-refractivity contribution in [1.82, 2.24) is 0 Å². The molecule has 0 radical (unpaired) electrons. The second-order valence-corrected chi connectivity index (χ2v) is 27.1. The summed E-state index contributed by atoms with van der Waals surface area (Å²) in [6.45, 7) is 9.31. The zero-order valence-corrected chi connectivity index (χ0v) is 37.4. The first-order valence-corrected chi connectivity index (χ1v) is 27.8. The van der Waals surface area contributed by atoms with Crippen molar-refractivity contribution in [3.05, 3.63) is 172 Å². The van der Waals surface area contributed by atoms with Crippen LogP contribution in [0.1, 0.15) is 93.1 Å². The topological polar surface area (TPSA) is 0 Å². The Morgan fingerprint density at radius 3 is 1.48 bits per heavy atom. The first kappa shape index (κ1) is 35.6. The van der Waals surface area contributed by atoms with Gasteiger partial charge in [0.15, 0.2) is 0 Å². The van der Waals surface area contributed by atoms with Gasteiger partial charge in [0.1, 0.15) is 0 Å². The molecule has 9 rings (SSSR count). The predicted octanol–water partition coefficient (Wildman–Crippen LogP) is 11.6. The molecule has 0 saturated carbocycles. The Hall–Kier alpha value is -4.11. The van der Waals surface area contributed by atoms with Crippen molar-refractivity contribution in [1.29, 1.82) is 0 Å². The van der Waals surface area contributed by atoms with Crippen molar-refractivity contribution in [3.8, 4) is 33.4 Å². The molecule has 2 atom stereocenters. The van der Waals surface area contributed by atoms with Gasteiger partial charge in [-0.15, -0.1) is 0 Å². The summed E-state index contributed by atoms with van der Waals surface area (Å²) in [5.74, 6) is 0. The van der Waals surface area contributed by atoms with Gasteiger partial charge in [0, 0.05) is 0 Å². The van der Waals surface area contributed by atoms with E-state index in [9.17, 15) is 0 Å². The summed E-state index contributed by atoms with van der Waals surface area (Å²) >= 11 is -3.08. The Kier molecular flexibility index (Phi) is 10.0. The van der Waals surface area contributed by atoms with E-state index < -0.39 is 31.0 Å². The van der Waals surface area contributed by atoms with E-state index in [-0.39, 0.29) is 0 Å². The molecule has 3 aliphatic rings. The van der Waals surface area contributed by atoms with E-state index in [1.165, 1.54) is 88.6 Å². The van der Waals surface area contributed by atoms with Crippen LogP contribution in [0.25, 0.3) is 45.5 Å². The first-order chi connectivity index (χ1) is 26.6. The summed E-state index contributed by atoms with van der Waals surface area (Å²) in [5.41, 5.74) is 21.1. The van der Waals surface area contributed by atoms with Gasteiger partial charge in [-0.25, -0.2) is 0 Å². The van der Waals surface area contributed by atoms with Gasteiger partial charge in [-0.2, -0.15) is 0 Å². The van der Waals surface area contributed by atoms with Gasteiger partial charge < -0.3 is 0 Å². The molecule has 0 bridgehead atoms. The number of unbranched alkanes of at least 4 members (excludes halogenated alkanes) is 2. The van der Waals surface area contributed by atoms with Crippen LogP contribution in [0.2, 0.25) is 0 Å². The zero-order valence-electron chi connectivity index (χ0n) is 32.4. The molecule has 2 unspecified atom stereocenters. The monoisotopic (exact) mass is 883 g/mol. The number of benzene rings is 6. The van der Waals surface area contributed by atoms with Crippen molar-refractivity contribution in [2.75, 3.05) is 0 Å². The number of hydrogen-bond donors (Lipinski definition) is 0. The van der Waals surface area contributed by atoms with Gasteiger partial charge in [0.25, 0.3) is 0 Å². The van der Waals surface area contributed by atoms with Crippen LogP contribution in [0.3, 0.4) is 0 Å². The molecule has 6 aromatic rings. The molecule has 54 heavy (non-hydrogen) atoms. The van der Waals surface area contributed by atoms with Crippen LogP contribution in [0.15, 0.2) is 139 Å². The second-order valence-electron chi connectivity index (χ2n) is 15.9. The van der Waals surface area contributed by atoms with E-state index in [0.717, 1.165) is 0 Å². The van der Waals surface area contributed by atoms with Crippen LogP contribution >= 0.6 is 0 Å². The third-order valence-corrected chi connectivity index (χ3v) is 29.3. The van der Waals surface area contributed by atoms with Crippen LogP contribution in [-0.2, 0) is 21.4 Å². The minimum absolute atomic E-state index is 0.521. The summed E-state index contributed by atoms with van der Waals surface area (Å²) in [7, 11) is -0.598. The van der Waals surface area contributed by atoms with Gasteiger partial charge in [0.2, 0.25) is 0 Å². The fourth-order valence-corrected chi connectivity index (χ4v) is 29.5. The number of rotatable bonds is 11. The first-order valence-electron chi connectivity index (χ1n) is 20.4. The predicted molar refractivity (Wildman–Crippen MR) is 233 cm³/mol. The molecule has 0 nitrogen and oxygen atoms in total. The summed E-state index contributed by atoms with van der Waals surface area (Å²) in [4.78, 5) is 0. The standard InChI is InChI=1S/2C20H21.C12H9Si.Hf/c2*1-3-4-9-16-13-17-10-7-12-19(20(17)14-16)18-11-6-5-8-15(18)2;1-3-7-11-9(5-1)10-6-2-4-8-12(10)13-11;/h2*5-8,10-14H,3-4,9H2,1-2H3;1-7H,13H2;. The van der Waals surface area contributed by atoms with E-state index in [4.69, 9.17) is 0 Å². The van der Waals surface area contributed by atoms with Crippen LogP contribution in [0, 0.1) is 13.8 Å². The maximum absolute atomic E-state index is 3.08. The molecule has 6 aromatic carbocycles. The maximum atomic E-state index is 2.70. The Morgan fingerprint density at radius 2 is 0.944 bits per heavy atom. The zero-order chi connectivity index (χ0) is 36.8. The van der Waals surface area contributed by atoms with Gasteiger partial charge in [-0.1, -0.05) is 0 Å². The summed E-state index contributed by atoms with van der Waals surface area (Å²) in [5, 5.41) is 3.41. The molecular formula is C52H51HfSi. The van der Waals surface area contributed by atoms with E-state index in [1.54, 1.807) is 38.2 Å². The van der Waals surface area contributed by atoms with Crippen molar-refractivity contribution in [3.63, 3.8) is 0 Å². The van der Waals surface area contributed by atoms with E-state index in [2.05, 4.69) is 167 Å². The molecule has 0 aromatic heterocycles. The second kappa shape index (κ2) is 15.2. The fourth-order valence-electron chi connectivity index (χ4n) is 9.98. The molecule has 267 valence electrons. The van der Waals surface area contributed by atoms with Gasteiger partial charge in [-0.3, -0.25) is 0 Å². The van der Waals surface area contributed by atoms with E-state index >= 15 is 0 Å². The molecule has 0 amide bonds. The van der Waals surface area contributed by atoms with E-state index in [1.807, 2.05) is 3.32 Å². The van der Waals surface area contributed by atoms with Crippen molar-refractivity contribution < 1.29 is 21.4 Å². The molecule has 0 N–H and O–H groups in total. The van der Waals surface area contributed by atoms with Crippen LogP contribution in [-0.4, -0.2) is 9.52 Å². The van der Waals surface area contributed by atoms with Crippen LogP contribution < -0.4 is 13.7 Å². The average Bonchev–Trinajstić information content (AvgIpc) is 3.89. The molecule has 2 aliphatic carbocycles. The summed E-state index contributed by atoms with van der Waals surface area (Å²) in [6, 6.07) is 49.7. The molecule has 2 heteroatoms. The SMILES string of the molecule is CCCCC1=Cc2c(-c3ccccc3C)cccc2[CH]1[Hf]([c]1cccc2c1[SiH2]c1ccccc1-2)[CH]1C(CCCC)=Cc2c(-c3ccccc3C)cccc21. The Morgan fingerprint density at radius 1 is 0.481 bits per heavy atom. The third kappa shape index (κ3) is 6.15. The summed E-state index contributed by atoms with van der Waals surface area (Å²) in [6.07, 6.45) is 12.7. The number of fused-ring (bicyclic) bond motifs is 5. The molecule has 0 saturated heterocycles. The van der Waals surface area contributed by atoms with Crippen molar-refractivity contribution >= 4 is 35.4 Å². The number of aryl methyl sites for hydroxylation is 2. The van der Waals surface area contributed by atoms with Gasteiger partial charge in [-0.05, 0) is 0 Å². The average molecular weight is 883 g/mol. The quantitative estimate of drug-likeness (QED) is 0.114. The molecule has 0 spiro atoms. The Balaban J connectivity index is 1.31. The normalized spacial score (nSPS) is 16.8. The summed E-state index contributed by atoms with van der Waals surface area (Å²) < 4.78 is 2.86. The molecular weight excluding hydrogens is 831 g/mol. The van der Waals surface area contributed by atoms with Gasteiger partial charge in [0.05, 0.1) is 0 Å². The van der Waals surface area contributed by atoms with Crippen LogP contribution in [0.5, 0.6) is 0 Å². The van der Waals surface area contributed by atoms with Crippen molar-refractivity contribution in [2.45, 2.75) is 73.6 Å². The fraction of sp³-hybridized carbons (Fsp3) is 0.231. The Labute approximate surface area is 333 Å². The van der Waals surface area contributed by atoms with Crippen molar-refractivity contribution in [2.24, 2.45) is 0 Å². The molecule has 0 fully saturated rings. The van der Waals surface area contributed by atoms with E-state index in [0.29, 0.717) is 7.35 Å². The number of hydrogen-bond acceptors (Lipinski definition) is 0. The minimum atomic E-state index is -3.08. The third-order valence-electron chi connectivity index (χ3n) is 12.6. The van der Waals surface area contributed by atoms with Crippen LogP contribution in [0.4, 0.5) is 0 Å². The number of allylic oxidation sites excluding steroid dienone is 2. The van der Waals surface area contributed by atoms with Gasteiger partial charge >= 0.3 is 336 Å².